The molecule has 0 fully saturated rings. The largest absolute Gasteiger partial charge is 0.335 e. The molecule has 1 N–H and O–H groups in total. The first-order valence-electron chi connectivity index (χ1n) is 8.40. The van der Waals surface area contributed by atoms with Gasteiger partial charge < -0.3 is 9.88 Å². The minimum Gasteiger partial charge on any atom is -0.335 e. The van der Waals surface area contributed by atoms with Gasteiger partial charge in [0.2, 0.25) is 0 Å². The Morgan fingerprint density at radius 2 is 1.92 bits per heavy atom. The molecule has 0 radical (unpaired) electrons. The molecule has 0 aliphatic heterocycles. The fourth-order valence-electron chi connectivity index (χ4n) is 2.89. The van der Waals surface area contributed by atoms with Crippen LogP contribution in [0.4, 0.5) is 4.39 Å². The van der Waals surface area contributed by atoms with Gasteiger partial charge in [0.25, 0.3) is 5.91 Å². The van der Waals surface area contributed by atoms with Gasteiger partial charge in [-0.05, 0) is 55.8 Å². The maximum Gasteiger partial charge on any atom is 0.330 e. The molecule has 0 saturated carbocycles. The highest BCUT2D eigenvalue weighted by atomic mass is 19.1. The van der Waals surface area contributed by atoms with Crippen molar-refractivity contribution in [1.29, 1.82) is 0 Å². The van der Waals surface area contributed by atoms with Crippen LogP contribution in [0.2, 0.25) is 0 Å². The molecule has 0 unspecified atom stereocenters. The first-order chi connectivity index (χ1) is 12.5. The average Bonchev–Trinajstić information content (AvgIpc) is 2.98. The third-order valence-electron chi connectivity index (χ3n) is 4.26. The third-order valence-corrected chi connectivity index (χ3v) is 4.26. The molecule has 0 aliphatic rings. The summed E-state index contributed by atoms with van der Waals surface area (Å²) >= 11 is 0. The predicted molar refractivity (Wildman–Crippen MR) is 97.9 cm³/mol. The van der Waals surface area contributed by atoms with Crippen LogP contribution in [0.3, 0.4) is 0 Å². The predicted octanol–water partition coefficient (Wildman–Crippen LogP) is 3.28. The summed E-state index contributed by atoms with van der Waals surface area (Å²) in [5.74, 6) is -0.455. The number of rotatable bonds is 5. The number of aromatic amines is 1. The normalized spacial score (nSPS) is 10.7. The Kier molecular flexibility index (Phi) is 5.02. The smallest absolute Gasteiger partial charge is 0.330 e. The van der Waals surface area contributed by atoms with E-state index in [-0.39, 0.29) is 17.4 Å². The van der Waals surface area contributed by atoms with E-state index in [1.54, 1.807) is 52.1 Å². The van der Waals surface area contributed by atoms with Crippen molar-refractivity contribution in [1.82, 2.24) is 14.5 Å². The molecule has 134 valence electrons. The lowest BCUT2D eigenvalue weighted by Crippen LogP contribution is -2.30. The van der Waals surface area contributed by atoms with Gasteiger partial charge in [0.1, 0.15) is 5.82 Å². The number of imidazole rings is 1. The fourth-order valence-corrected chi connectivity index (χ4v) is 2.89. The molecule has 0 spiro atoms. The summed E-state index contributed by atoms with van der Waals surface area (Å²) in [6, 6.07) is 13.1. The number of benzene rings is 2. The van der Waals surface area contributed by atoms with E-state index in [1.807, 2.05) is 13.8 Å². The van der Waals surface area contributed by atoms with Crippen LogP contribution in [0.25, 0.3) is 5.69 Å². The molecule has 1 amide bonds. The molecule has 0 atom stereocenters. The van der Waals surface area contributed by atoms with Crippen LogP contribution in [0.15, 0.2) is 59.5 Å². The lowest BCUT2D eigenvalue weighted by molar-refractivity contribution is 0.0752. The zero-order valence-electron chi connectivity index (χ0n) is 14.7. The van der Waals surface area contributed by atoms with Gasteiger partial charge in [0, 0.05) is 30.5 Å². The molecule has 3 aromatic rings. The Hall–Kier alpha value is -3.15. The number of amides is 1. The van der Waals surface area contributed by atoms with Gasteiger partial charge in [-0.2, -0.15) is 0 Å². The molecule has 5 nitrogen and oxygen atoms in total. The van der Waals surface area contributed by atoms with E-state index in [2.05, 4.69) is 4.98 Å². The van der Waals surface area contributed by atoms with Crippen LogP contribution in [0.5, 0.6) is 0 Å². The minimum absolute atomic E-state index is 0.138. The SMILES string of the molecule is CCN(Cc1cccc(F)c1)C(=O)c1ccc(-n2c(C)c[nH]c2=O)cc1. The number of hydrogen-bond donors (Lipinski definition) is 1. The second kappa shape index (κ2) is 7.39. The maximum absolute atomic E-state index is 13.4. The first-order valence-corrected chi connectivity index (χ1v) is 8.40. The molecule has 1 heterocycles. The van der Waals surface area contributed by atoms with Gasteiger partial charge in [-0.25, -0.2) is 9.18 Å². The molecular formula is C20H20FN3O2. The summed E-state index contributed by atoms with van der Waals surface area (Å²) in [4.78, 5) is 28.9. The van der Waals surface area contributed by atoms with Gasteiger partial charge in [-0.1, -0.05) is 12.1 Å². The number of hydrogen-bond acceptors (Lipinski definition) is 2. The number of halogens is 1. The van der Waals surface area contributed by atoms with Crippen molar-refractivity contribution in [3.63, 3.8) is 0 Å². The standard InChI is InChI=1S/C20H20FN3O2/c1-3-23(13-15-5-4-6-17(21)11-15)19(25)16-7-9-18(10-8-16)24-14(2)12-22-20(24)26/h4-12H,3,13H2,1-2H3,(H,22,26). The second-order valence-electron chi connectivity index (χ2n) is 6.07. The number of nitrogens with one attached hydrogen (secondary N) is 1. The van der Waals surface area contributed by atoms with Gasteiger partial charge in [0.15, 0.2) is 0 Å². The maximum atomic E-state index is 13.4. The zero-order valence-corrected chi connectivity index (χ0v) is 14.7. The van der Waals surface area contributed by atoms with Crippen molar-refractivity contribution in [3.8, 4) is 5.69 Å². The molecular weight excluding hydrogens is 333 g/mol. The number of carbonyl (C=O) groups is 1. The third kappa shape index (κ3) is 3.59. The first kappa shape index (κ1) is 17.7. The number of aromatic nitrogens is 2. The van der Waals surface area contributed by atoms with Crippen molar-refractivity contribution in [2.45, 2.75) is 20.4 Å². The van der Waals surface area contributed by atoms with Gasteiger partial charge in [0.05, 0.1) is 5.69 Å². The highest BCUT2D eigenvalue weighted by Crippen LogP contribution is 2.14. The molecule has 1 aromatic heterocycles. The Morgan fingerprint density at radius 3 is 2.50 bits per heavy atom. The number of aryl methyl sites for hydroxylation is 1. The summed E-state index contributed by atoms with van der Waals surface area (Å²) in [7, 11) is 0. The summed E-state index contributed by atoms with van der Waals surface area (Å²) in [6.07, 6.45) is 1.64. The topological polar surface area (TPSA) is 58.1 Å². The average molecular weight is 353 g/mol. The lowest BCUT2D eigenvalue weighted by atomic mass is 10.1. The molecule has 6 heteroatoms. The van der Waals surface area contributed by atoms with Crippen molar-refractivity contribution >= 4 is 5.91 Å². The number of carbonyl (C=O) groups excluding carboxylic acids is 1. The summed E-state index contributed by atoms with van der Waals surface area (Å²) in [6.45, 7) is 4.56. The summed E-state index contributed by atoms with van der Waals surface area (Å²) in [5, 5.41) is 0. The van der Waals surface area contributed by atoms with Crippen LogP contribution in [-0.2, 0) is 6.54 Å². The fraction of sp³-hybridized carbons (Fsp3) is 0.200. The molecule has 2 aromatic carbocycles. The Bertz CT molecular complexity index is 973. The highest BCUT2D eigenvalue weighted by molar-refractivity contribution is 5.94. The van der Waals surface area contributed by atoms with Crippen LogP contribution >= 0.6 is 0 Å². The number of H-pyrrole nitrogens is 1. The molecule has 26 heavy (non-hydrogen) atoms. The highest BCUT2D eigenvalue weighted by Gasteiger charge is 2.15. The van der Waals surface area contributed by atoms with Crippen LogP contribution in [0.1, 0.15) is 28.5 Å². The van der Waals surface area contributed by atoms with Crippen LogP contribution in [-0.4, -0.2) is 26.9 Å². The Balaban J connectivity index is 1.81. The molecule has 0 aliphatic carbocycles. The van der Waals surface area contributed by atoms with E-state index < -0.39 is 0 Å². The van der Waals surface area contributed by atoms with Crippen molar-refractivity contribution in [3.05, 3.63) is 87.9 Å². The van der Waals surface area contributed by atoms with Crippen molar-refractivity contribution in [2.75, 3.05) is 6.54 Å². The monoisotopic (exact) mass is 353 g/mol. The molecule has 0 saturated heterocycles. The van der Waals surface area contributed by atoms with E-state index in [1.165, 1.54) is 12.1 Å². The zero-order chi connectivity index (χ0) is 18.7. The Morgan fingerprint density at radius 1 is 1.19 bits per heavy atom. The van der Waals surface area contributed by atoms with Gasteiger partial charge in [-0.3, -0.25) is 9.36 Å². The van der Waals surface area contributed by atoms with E-state index >= 15 is 0 Å². The summed E-state index contributed by atoms with van der Waals surface area (Å²) < 4.78 is 14.9. The van der Waals surface area contributed by atoms with Crippen LogP contribution in [0, 0.1) is 12.7 Å². The van der Waals surface area contributed by atoms with E-state index in [0.29, 0.717) is 24.3 Å². The molecule has 3 rings (SSSR count). The number of nitrogens with zero attached hydrogens (tertiary/aromatic N) is 2. The summed E-state index contributed by atoms with van der Waals surface area (Å²) in [5.41, 5.74) is 2.52. The van der Waals surface area contributed by atoms with Gasteiger partial charge >= 0.3 is 5.69 Å². The Labute approximate surface area is 150 Å². The van der Waals surface area contributed by atoms with E-state index in [9.17, 15) is 14.0 Å². The van der Waals surface area contributed by atoms with Crippen LogP contribution < -0.4 is 5.69 Å². The minimum atomic E-state index is -0.317. The quantitative estimate of drug-likeness (QED) is 0.765. The van der Waals surface area contributed by atoms with Gasteiger partial charge in [-0.15, -0.1) is 0 Å². The lowest BCUT2D eigenvalue weighted by Gasteiger charge is -2.21. The second-order valence-corrected chi connectivity index (χ2v) is 6.07. The van der Waals surface area contributed by atoms with Crippen molar-refractivity contribution in [2.24, 2.45) is 0 Å². The van der Waals surface area contributed by atoms with E-state index in [4.69, 9.17) is 0 Å². The van der Waals surface area contributed by atoms with E-state index in [0.717, 1.165) is 11.3 Å². The van der Waals surface area contributed by atoms with Crippen molar-refractivity contribution < 1.29 is 9.18 Å². The molecule has 0 bridgehead atoms.